The molecule has 1 aliphatic heterocycles. The molecular weight excluding hydrogens is 372 g/mol. The molecule has 3 unspecified atom stereocenters. The van der Waals surface area contributed by atoms with Crippen LogP contribution in [-0.4, -0.2) is 23.8 Å². The molecule has 0 spiro atoms. The van der Waals surface area contributed by atoms with Crippen LogP contribution in [-0.2, 0) is 9.53 Å². The van der Waals surface area contributed by atoms with E-state index in [1.807, 2.05) is 31.2 Å². The summed E-state index contributed by atoms with van der Waals surface area (Å²) in [5.41, 5.74) is 2.19. The highest BCUT2D eigenvalue weighted by Gasteiger charge is 2.34. The Bertz CT molecular complexity index is 762. The van der Waals surface area contributed by atoms with Crippen LogP contribution in [0, 0.1) is 5.92 Å². The molecule has 1 aromatic rings. The van der Waals surface area contributed by atoms with Gasteiger partial charge in [0, 0.05) is 11.3 Å². The molecule has 2 aliphatic rings. The second-order valence-corrected chi connectivity index (χ2v) is 8.16. The standard InChI is InChI=1S/C22H30N2O3S/c1-4-12-26-18-11-6-5-10-17(18)20-19(15(3)23-22(28)24-20)21(25)27-16-9-7-8-14(2)13-16/h5-6,10-11,14,16,20H,4,7-9,12-13H2,1-3H3,(H2,23,24,28). The van der Waals surface area contributed by atoms with Crippen LogP contribution < -0.4 is 15.4 Å². The summed E-state index contributed by atoms with van der Waals surface area (Å²) in [5.74, 6) is 1.07. The largest absolute Gasteiger partial charge is 0.493 e. The van der Waals surface area contributed by atoms with E-state index in [1.165, 1.54) is 6.42 Å². The lowest BCUT2D eigenvalue weighted by atomic mass is 9.88. The predicted molar refractivity (Wildman–Crippen MR) is 114 cm³/mol. The minimum absolute atomic E-state index is 0.0161. The Labute approximate surface area is 172 Å². The highest BCUT2D eigenvalue weighted by atomic mass is 32.1. The van der Waals surface area contributed by atoms with Gasteiger partial charge in [-0.05, 0) is 56.8 Å². The molecule has 152 valence electrons. The molecule has 2 N–H and O–H groups in total. The molecule has 0 amide bonds. The number of para-hydroxylation sites is 1. The molecule has 28 heavy (non-hydrogen) atoms. The summed E-state index contributed by atoms with van der Waals surface area (Å²) in [4.78, 5) is 13.2. The van der Waals surface area contributed by atoms with E-state index in [4.69, 9.17) is 21.7 Å². The first-order valence-electron chi connectivity index (χ1n) is 10.2. The lowest BCUT2D eigenvalue weighted by Gasteiger charge is -2.32. The Morgan fingerprint density at radius 2 is 2.07 bits per heavy atom. The van der Waals surface area contributed by atoms with Gasteiger partial charge in [-0.2, -0.15) is 0 Å². The zero-order chi connectivity index (χ0) is 20.1. The molecule has 1 saturated carbocycles. The van der Waals surface area contributed by atoms with Crippen LogP contribution in [0.15, 0.2) is 35.5 Å². The van der Waals surface area contributed by atoms with Crippen LogP contribution in [0.4, 0.5) is 0 Å². The molecule has 1 heterocycles. The Kier molecular flexibility index (Phi) is 6.94. The van der Waals surface area contributed by atoms with Gasteiger partial charge < -0.3 is 20.1 Å². The quantitative estimate of drug-likeness (QED) is 0.544. The number of rotatable bonds is 6. The number of carbonyl (C=O) groups excluding carboxylic acids is 1. The molecule has 0 saturated heterocycles. The van der Waals surface area contributed by atoms with E-state index in [0.717, 1.165) is 42.7 Å². The average molecular weight is 403 g/mol. The van der Waals surface area contributed by atoms with Gasteiger partial charge in [0.25, 0.3) is 0 Å². The number of benzene rings is 1. The molecule has 1 aromatic carbocycles. The van der Waals surface area contributed by atoms with Crippen LogP contribution >= 0.6 is 12.2 Å². The fourth-order valence-corrected chi connectivity index (χ4v) is 4.23. The highest BCUT2D eigenvalue weighted by molar-refractivity contribution is 7.80. The molecule has 1 fully saturated rings. The lowest BCUT2D eigenvalue weighted by Crippen LogP contribution is -2.45. The van der Waals surface area contributed by atoms with E-state index < -0.39 is 6.04 Å². The Hall–Kier alpha value is -2.08. The summed E-state index contributed by atoms with van der Waals surface area (Å²) in [6.45, 7) is 6.78. The number of thiocarbonyl (C=S) groups is 1. The first-order valence-corrected chi connectivity index (χ1v) is 10.6. The normalized spacial score (nSPS) is 25.0. The fourth-order valence-electron chi connectivity index (χ4n) is 3.96. The molecule has 1 aliphatic carbocycles. The molecule has 0 bridgehead atoms. The van der Waals surface area contributed by atoms with Gasteiger partial charge in [0.2, 0.25) is 0 Å². The zero-order valence-corrected chi connectivity index (χ0v) is 17.7. The first kappa shape index (κ1) is 20.6. The van der Waals surface area contributed by atoms with E-state index in [2.05, 4.69) is 24.5 Å². The molecule has 5 nitrogen and oxygen atoms in total. The Morgan fingerprint density at radius 3 is 2.82 bits per heavy atom. The Balaban J connectivity index is 1.88. The van der Waals surface area contributed by atoms with Crippen molar-refractivity contribution in [3.63, 3.8) is 0 Å². The van der Waals surface area contributed by atoms with Gasteiger partial charge >= 0.3 is 5.97 Å². The van der Waals surface area contributed by atoms with Crippen molar-refractivity contribution < 1.29 is 14.3 Å². The van der Waals surface area contributed by atoms with Crippen molar-refractivity contribution >= 4 is 23.3 Å². The third kappa shape index (κ3) is 4.85. The van der Waals surface area contributed by atoms with Crippen LogP contribution in [0.5, 0.6) is 5.75 Å². The van der Waals surface area contributed by atoms with Crippen molar-refractivity contribution in [2.24, 2.45) is 5.92 Å². The molecule has 3 atom stereocenters. The summed E-state index contributed by atoms with van der Waals surface area (Å²) in [6, 6.07) is 7.39. The minimum atomic E-state index is -0.393. The molecule has 3 rings (SSSR count). The fraction of sp³-hybridized carbons (Fsp3) is 0.545. The predicted octanol–water partition coefficient (Wildman–Crippen LogP) is 4.39. The van der Waals surface area contributed by atoms with Crippen molar-refractivity contribution in [2.45, 2.75) is 65.0 Å². The molecule has 0 radical (unpaired) electrons. The second-order valence-electron chi connectivity index (χ2n) is 7.76. The third-order valence-corrected chi connectivity index (χ3v) is 5.56. The van der Waals surface area contributed by atoms with Gasteiger partial charge in [-0.15, -0.1) is 0 Å². The van der Waals surface area contributed by atoms with E-state index in [0.29, 0.717) is 23.2 Å². The number of ether oxygens (including phenoxy) is 2. The topological polar surface area (TPSA) is 59.6 Å². The maximum absolute atomic E-state index is 13.2. The highest BCUT2D eigenvalue weighted by Crippen LogP contribution is 2.35. The number of esters is 1. The number of hydrogen-bond donors (Lipinski definition) is 2. The minimum Gasteiger partial charge on any atom is -0.493 e. The molecule has 0 aromatic heterocycles. The monoisotopic (exact) mass is 402 g/mol. The number of carbonyl (C=O) groups is 1. The van der Waals surface area contributed by atoms with Crippen molar-refractivity contribution in [3.8, 4) is 5.75 Å². The second kappa shape index (κ2) is 9.41. The summed E-state index contributed by atoms with van der Waals surface area (Å²) < 4.78 is 11.8. The number of hydrogen-bond acceptors (Lipinski definition) is 4. The van der Waals surface area contributed by atoms with E-state index >= 15 is 0 Å². The van der Waals surface area contributed by atoms with Gasteiger partial charge in [0.05, 0.1) is 18.2 Å². The zero-order valence-electron chi connectivity index (χ0n) is 16.9. The SMILES string of the molecule is CCCOc1ccccc1C1NC(=S)NC(C)=C1C(=O)OC1CCCC(C)C1. The van der Waals surface area contributed by atoms with Crippen molar-refractivity contribution in [1.82, 2.24) is 10.6 Å². The van der Waals surface area contributed by atoms with Gasteiger partial charge in [-0.3, -0.25) is 0 Å². The summed E-state index contributed by atoms with van der Waals surface area (Å²) >= 11 is 5.36. The number of nitrogens with one attached hydrogen (secondary N) is 2. The van der Waals surface area contributed by atoms with Crippen LogP contribution in [0.3, 0.4) is 0 Å². The molecular formula is C22H30N2O3S. The van der Waals surface area contributed by atoms with Gasteiger partial charge in [-0.1, -0.05) is 38.5 Å². The van der Waals surface area contributed by atoms with Crippen LogP contribution in [0.25, 0.3) is 0 Å². The van der Waals surface area contributed by atoms with Gasteiger partial charge in [-0.25, -0.2) is 4.79 Å². The van der Waals surface area contributed by atoms with Crippen molar-refractivity contribution in [2.75, 3.05) is 6.61 Å². The van der Waals surface area contributed by atoms with Gasteiger partial charge in [0.1, 0.15) is 11.9 Å². The maximum atomic E-state index is 13.2. The molecule has 6 heteroatoms. The van der Waals surface area contributed by atoms with E-state index in [1.54, 1.807) is 0 Å². The maximum Gasteiger partial charge on any atom is 0.338 e. The van der Waals surface area contributed by atoms with Crippen LogP contribution in [0.2, 0.25) is 0 Å². The summed E-state index contributed by atoms with van der Waals surface area (Å²) in [7, 11) is 0. The van der Waals surface area contributed by atoms with E-state index in [9.17, 15) is 4.79 Å². The number of allylic oxidation sites excluding steroid dienone is 1. The van der Waals surface area contributed by atoms with Crippen LogP contribution in [0.1, 0.15) is 64.5 Å². The summed E-state index contributed by atoms with van der Waals surface area (Å²) in [5, 5.41) is 6.81. The average Bonchev–Trinajstić information content (AvgIpc) is 2.66. The van der Waals surface area contributed by atoms with Gasteiger partial charge in [0.15, 0.2) is 5.11 Å². The smallest absolute Gasteiger partial charge is 0.338 e. The lowest BCUT2D eigenvalue weighted by molar-refractivity contribution is -0.146. The first-order chi connectivity index (χ1) is 13.5. The van der Waals surface area contributed by atoms with Crippen molar-refractivity contribution in [1.29, 1.82) is 0 Å². The van der Waals surface area contributed by atoms with E-state index in [-0.39, 0.29) is 12.1 Å². The van der Waals surface area contributed by atoms with Crippen molar-refractivity contribution in [3.05, 3.63) is 41.1 Å². The summed E-state index contributed by atoms with van der Waals surface area (Å²) in [6.07, 6.45) is 5.07. The Morgan fingerprint density at radius 1 is 1.29 bits per heavy atom. The third-order valence-electron chi connectivity index (χ3n) is 5.34.